The summed E-state index contributed by atoms with van der Waals surface area (Å²) in [6.07, 6.45) is 2.51. The highest BCUT2D eigenvalue weighted by Crippen LogP contribution is 2.13. The number of nitrogens with zero attached hydrogens (tertiary/aromatic N) is 3. The predicted molar refractivity (Wildman–Crippen MR) is 107 cm³/mol. The highest BCUT2D eigenvalue weighted by molar-refractivity contribution is 7.88. The Bertz CT molecular complexity index is 1010. The maximum absolute atomic E-state index is 12.5. The van der Waals surface area contributed by atoms with Gasteiger partial charge in [-0.3, -0.25) is 9.59 Å². The topological polar surface area (TPSA) is 111 Å². The van der Waals surface area contributed by atoms with Crippen molar-refractivity contribution in [1.29, 1.82) is 0 Å². The molecular weight excluding hydrogens is 396 g/mol. The number of sulfonamides is 1. The first-order valence-corrected chi connectivity index (χ1v) is 11.2. The van der Waals surface area contributed by atoms with Gasteiger partial charge in [0.15, 0.2) is 0 Å². The summed E-state index contributed by atoms with van der Waals surface area (Å²) in [7, 11) is -3.30. The molecule has 156 valence electrons. The zero-order valence-corrected chi connectivity index (χ0v) is 17.0. The molecule has 1 aliphatic rings. The van der Waals surface area contributed by atoms with Crippen molar-refractivity contribution in [2.24, 2.45) is 0 Å². The number of para-hydroxylation sites is 1. The van der Waals surface area contributed by atoms with Crippen LogP contribution >= 0.6 is 0 Å². The standard InChI is InChI=1S/C19H24N4O5S/c1-29(26,27)22-11-5-6-15(14-22)20-19(25)17-9-10-18(24)23(21-17)12-13-28-16-7-3-2-4-8-16/h2-4,7-10,15H,5-6,11-14H2,1H3,(H,20,25). The molecule has 29 heavy (non-hydrogen) atoms. The number of piperidine rings is 1. The predicted octanol–water partition coefficient (Wildman–Crippen LogP) is 0.476. The number of benzene rings is 1. The lowest BCUT2D eigenvalue weighted by Gasteiger charge is -2.31. The van der Waals surface area contributed by atoms with Crippen molar-refractivity contribution >= 4 is 15.9 Å². The average molecular weight is 420 g/mol. The zero-order valence-electron chi connectivity index (χ0n) is 16.2. The van der Waals surface area contributed by atoms with E-state index in [0.29, 0.717) is 25.1 Å². The van der Waals surface area contributed by atoms with Crippen LogP contribution in [0.15, 0.2) is 47.3 Å². The van der Waals surface area contributed by atoms with Gasteiger partial charge in [0.1, 0.15) is 18.1 Å². The van der Waals surface area contributed by atoms with Crippen molar-refractivity contribution in [2.45, 2.75) is 25.4 Å². The van der Waals surface area contributed by atoms with Gasteiger partial charge in [0.2, 0.25) is 10.0 Å². The molecule has 1 N–H and O–H groups in total. The summed E-state index contributed by atoms with van der Waals surface area (Å²) in [4.78, 5) is 24.6. The number of hydrogen-bond donors (Lipinski definition) is 1. The van der Waals surface area contributed by atoms with Gasteiger partial charge in [-0.25, -0.2) is 17.4 Å². The van der Waals surface area contributed by atoms with Crippen LogP contribution in [0.5, 0.6) is 5.75 Å². The van der Waals surface area contributed by atoms with E-state index in [9.17, 15) is 18.0 Å². The van der Waals surface area contributed by atoms with Crippen LogP contribution in [0.1, 0.15) is 23.3 Å². The Kier molecular flexibility index (Phi) is 6.65. The van der Waals surface area contributed by atoms with Crippen LogP contribution in [0.3, 0.4) is 0 Å². The lowest BCUT2D eigenvalue weighted by molar-refractivity contribution is 0.0913. The molecule has 2 heterocycles. The number of carbonyl (C=O) groups excluding carboxylic acids is 1. The first-order valence-electron chi connectivity index (χ1n) is 9.35. The quantitative estimate of drug-likeness (QED) is 0.697. The molecule has 1 amide bonds. The Morgan fingerprint density at radius 1 is 1.24 bits per heavy atom. The normalized spacial score (nSPS) is 17.6. The summed E-state index contributed by atoms with van der Waals surface area (Å²) in [5, 5.41) is 6.93. The molecule has 1 fully saturated rings. The molecule has 1 aromatic carbocycles. The smallest absolute Gasteiger partial charge is 0.271 e. The molecule has 1 aromatic heterocycles. The van der Waals surface area contributed by atoms with Crippen LogP contribution in [0.25, 0.3) is 0 Å². The Labute approximate surface area is 169 Å². The number of hydrogen-bond acceptors (Lipinski definition) is 6. The minimum Gasteiger partial charge on any atom is -0.492 e. The maximum atomic E-state index is 12.5. The molecule has 1 unspecified atom stereocenters. The molecule has 1 aliphatic heterocycles. The van der Waals surface area contributed by atoms with Crippen LogP contribution in [-0.4, -0.2) is 60.4 Å². The number of amides is 1. The third-order valence-electron chi connectivity index (χ3n) is 4.60. The molecule has 0 spiro atoms. The van der Waals surface area contributed by atoms with Crippen LogP contribution in [0, 0.1) is 0 Å². The summed E-state index contributed by atoms with van der Waals surface area (Å²) in [5.41, 5.74) is -0.236. The number of ether oxygens (including phenoxy) is 1. The van der Waals surface area contributed by atoms with E-state index in [1.807, 2.05) is 30.3 Å². The van der Waals surface area contributed by atoms with Gasteiger partial charge in [0.25, 0.3) is 11.5 Å². The lowest BCUT2D eigenvalue weighted by atomic mass is 10.1. The molecule has 0 bridgehead atoms. The average Bonchev–Trinajstić information content (AvgIpc) is 2.70. The van der Waals surface area contributed by atoms with E-state index in [4.69, 9.17) is 4.74 Å². The van der Waals surface area contributed by atoms with E-state index < -0.39 is 15.9 Å². The summed E-state index contributed by atoms with van der Waals surface area (Å²) < 4.78 is 31.6. The van der Waals surface area contributed by atoms with Gasteiger partial charge in [-0.15, -0.1) is 0 Å². The molecule has 0 radical (unpaired) electrons. The highest BCUT2D eigenvalue weighted by Gasteiger charge is 2.27. The fraction of sp³-hybridized carbons (Fsp3) is 0.421. The van der Waals surface area contributed by atoms with Gasteiger partial charge >= 0.3 is 0 Å². The monoisotopic (exact) mass is 420 g/mol. The van der Waals surface area contributed by atoms with E-state index in [1.165, 1.54) is 21.1 Å². The Morgan fingerprint density at radius 3 is 2.72 bits per heavy atom. The van der Waals surface area contributed by atoms with Crippen molar-refractivity contribution in [1.82, 2.24) is 19.4 Å². The third kappa shape index (κ3) is 5.88. The van der Waals surface area contributed by atoms with E-state index in [1.54, 1.807) is 0 Å². The third-order valence-corrected chi connectivity index (χ3v) is 5.87. The first kappa shape index (κ1) is 21.0. The number of carbonyl (C=O) groups is 1. The van der Waals surface area contributed by atoms with Gasteiger partial charge in [-0.1, -0.05) is 18.2 Å². The van der Waals surface area contributed by atoms with E-state index in [0.717, 1.165) is 6.26 Å². The lowest BCUT2D eigenvalue weighted by Crippen LogP contribution is -2.49. The summed E-state index contributed by atoms with van der Waals surface area (Å²) in [6, 6.07) is 11.5. The second-order valence-electron chi connectivity index (χ2n) is 6.88. The van der Waals surface area contributed by atoms with Crippen LogP contribution in [-0.2, 0) is 16.6 Å². The van der Waals surface area contributed by atoms with Crippen molar-refractivity contribution in [3.63, 3.8) is 0 Å². The molecule has 9 nitrogen and oxygen atoms in total. The fourth-order valence-electron chi connectivity index (χ4n) is 3.12. The maximum Gasteiger partial charge on any atom is 0.271 e. The van der Waals surface area contributed by atoms with Crippen molar-refractivity contribution in [3.05, 3.63) is 58.5 Å². The minimum atomic E-state index is -3.30. The zero-order chi connectivity index (χ0) is 20.9. The molecule has 1 atom stereocenters. The highest BCUT2D eigenvalue weighted by atomic mass is 32.2. The summed E-state index contributed by atoms with van der Waals surface area (Å²) in [5.74, 6) is 0.241. The first-order chi connectivity index (χ1) is 13.8. The Hall–Kier alpha value is -2.72. The molecule has 1 saturated heterocycles. The van der Waals surface area contributed by atoms with E-state index >= 15 is 0 Å². The van der Waals surface area contributed by atoms with Crippen molar-refractivity contribution in [2.75, 3.05) is 26.0 Å². The second kappa shape index (κ2) is 9.19. The molecule has 2 aromatic rings. The summed E-state index contributed by atoms with van der Waals surface area (Å²) in [6.45, 7) is 1.11. The van der Waals surface area contributed by atoms with Crippen molar-refractivity contribution in [3.8, 4) is 5.75 Å². The molecule has 10 heteroatoms. The summed E-state index contributed by atoms with van der Waals surface area (Å²) >= 11 is 0. The van der Waals surface area contributed by atoms with Gasteiger partial charge in [0, 0.05) is 25.2 Å². The van der Waals surface area contributed by atoms with Crippen molar-refractivity contribution < 1.29 is 17.9 Å². The number of aromatic nitrogens is 2. The van der Waals surface area contributed by atoms with Gasteiger partial charge in [0.05, 0.1) is 12.8 Å². The Morgan fingerprint density at radius 2 is 2.00 bits per heavy atom. The second-order valence-corrected chi connectivity index (χ2v) is 8.86. The van der Waals surface area contributed by atoms with Gasteiger partial charge in [-0.05, 0) is 31.0 Å². The van der Waals surface area contributed by atoms with E-state index in [-0.39, 0.29) is 37.0 Å². The van der Waals surface area contributed by atoms with Crippen LogP contribution in [0.4, 0.5) is 0 Å². The molecule has 0 aliphatic carbocycles. The number of rotatable bonds is 7. The fourth-order valence-corrected chi connectivity index (χ4v) is 4.03. The van der Waals surface area contributed by atoms with E-state index in [2.05, 4.69) is 10.4 Å². The van der Waals surface area contributed by atoms with Crippen LogP contribution in [0.2, 0.25) is 0 Å². The molecular formula is C19H24N4O5S. The SMILES string of the molecule is CS(=O)(=O)N1CCCC(NC(=O)c2ccc(=O)n(CCOc3ccccc3)n2)C1. The molecule has 0 saturated carbocycles. The van der Waals surface area contributed by atoms with Gasteiger partial charge < -0.3 is 10.1 Å². The largest absolute Gasteiger partial charge is 0.492 e. The molecule has 3 rings (SSSR count). The Balaban J connectivity index is 1.61. The number of nitrogens with one attached hydrogen (secondary N) is 1. The van der Waals surface area contributed by atoms with Gasteiger partial charge in [-0.2, -0.15) is 5.10 Å². The van der Waals surface area contributed by atoms with Crippen LogP contribution < -0.4 is 15.6 Å². The minimum absolute atomic E-state index is 0.0980.